The van der Waals surface area contributed by atoms with Gasteiger partial charge >= 0.3 is 0 Å². The van der Waals surface area contributed by atoms with Crippen molar-refractivity contribution < 1.29 is 8.78 Å². The largest absolute Gasteiger partial charge is 0.323 e. The van der Waals surface area contributed by atoms with Gasteiger partial charge < -0.3 is 5.73 Å². The van der Waals surface area contributed by atoms with Crippen LogP contribution in [0.5, 0.6) is 0 Å². The molecule has 104 valence electrons. The Balaban J connectivity index is 1.81. The molecule has 0 radical (unpaired) electrons. The minimum atomic E-state index is -0.812. The maximum atomic E-state index is 13.2. The van der Waals surface area contributed by atoms with Crippen LogP contribution < -0.4 is 5.73 Å². The summed E-state index contributed by atoms with van der Waals surface area (Å²) in [5, 5.41) is 0.190. The number of nitrogens with two attached hydrogens (primary N) is 1. The molecule has 0 spiro atoms. The minimum Gasteiger partial charge on any atom is -0.323 e. The van der Waals surface area contributed by atoms with Crippen molar-refractivity contribution in [3.8, 4) is 0 Å². The topological polar surface area (TPSA) is 26.0 Å². The summed E-state index contributed by atoms with van der Waals surface area (Å²) in [6.45, 7) is 0. The summed E-state index contributed by atoms with van der Waals surface area (Å²) in [4.78, 5) is 0.726. The molecule has 0 aliphatic heterocycles. The Bertz CT molecular complexity index is 630. The maximum Gasteiger partial charge on any atom is 0.159 e. The van der Waals surface area contributed by atoms with Crippen molar-refractivity contribution in [3.05, 3.63) is 65.2 Å². The van der Waals surface area contributed by atoms with E-state index in [9.17, 15) is 8.78 Å². The van der Waals surface area contributed by atoms with E-state index >= 15 is 0 Å². The van der Waals surface area contributed by atoms with Gasteiger partial charge in [0.2, 0.25) is 0 Å². The molecule has 1 aliphatic carbocycles. The van der Waals surface area contributed by atoms with Gasteiger partial charge in [0.1, 0.15) is 0 Å². The summed E-state index contributed by atoms with van der Waals surface area (Å²) in [6, 6.07) is 12.1. The van der Waals surface area contributed by atoms with Crippen LogP contribution in [0.25, 0.3) is 0 Å². The van der Waals surface area contributed by atoms with E-state index in [1.54, 1.807) is 6.07 Å². The van der Waals surface area contributed by atoms with Gasteiger partial charge in [0.25, 0.3) is 0 Å². The first-order valence-corrected chi connectivity index (χ1v) is 7.48. The third-order valence-electron chi connectivity index (χ3n) is 3.69. The summed E-state index contributed by atoms with van der Waals surface area (Å²) in [5.74, 6) is -1.62. The van der Waals surface area contributed by atoms with E-state index in [1.165, 1.54) is 35.0 Å². The van der Waals surface area contributed by atoms with Gasteiger partial charge in [0.15, 0.2) is 11.6 Å². The molecule has 0 fully saturated rings. The molecule has 2 aromatic carbocycles. The van der Waals surface area contributed by atoms with Crippen LogP contribution in [0, 0.1) is 11.6 Å². The molecule has 20 heavy (non-hydrogen) atoms. The molecule has 2 aromatic rings. The highest BCUT2D eigenvalue weighted by Gasteiger charge is 2.27. The molecule has 0 saturated carbocycles. The summed E-state index contributed by atoms with van der Waals surface area (Å²) in [6.07, 6.45) is 1.92. The second kappa shape index (κ2) is 5.54. The van der Waals surface area contributed by atoms with E-state index in [4.69, 9.17) is 5.73 Å². The van der Waals surface area contributed by atoms with Crippen LogP contribution >= 0.6 is 11.8 Å². The third kappa shape index (κ3) is 2.58. The van der Waals surface area contributed by atoms with Gasteiger partial charge in [-0.1, -0.05) is 24.3 Å². The number of thioether (sulfide) groups is 1. The SMILES string of the molecule is NC1c2ccccc2CCC1Sc1ccc(F)c(F)c1. The fourth-order valence-electron chi connectivity index (χ4n) is 2.62. The number of aryl methyl sites for hydroxylation is 1. The zero-order valence-corrected chi connectivity index (χ0v) is 11.7. The lowest BCUT2D eigenvalue weighted by Crippen LogP contribution is -2.29. The fraction of sp³-hybridized carbons (Fsp3) is 0.250. The lowest BCUT2D eigenvalue weighted by Gasteiger charge is -2.30. The predicted octanol–water partition coefficient (Wildman–Crippen LogP) is 4.07. The molecule has 0 saturated heterocycles. The Morgan fingerprint density at radius 2 is 1.85 bits per heavy atom. The maximum absolute atomic E-state index is 13.2. The average molecular weight is 291 g/mol. The molecule has 1 aliphatic rings. The van der Waals surface area contributed by atoms with Crippen LogP contribution in [0.1, 0.15) is 23.6 Å². The van der Waals surface area contributed by atoms with Crippen LogP contribution in [0.3, 0.4) is 0 Å². The van der Waals surface area contributed by atoms with E-state index in [-0.39, 0.29) is 11.3 Å². The third-order valence-corrected chi connectivity index (χ3v) is 5.05. The van der Waals surface area contributed by atoms with Gasteiger partial charge in [-0.05, 0) is 42.2 Å². The summed E-state index contributed by atoms with van der Waals surface area (Å²) < 4.78 is 26.2. The number of benzene rings is 2. The van der Waals surface area contributed by atoms with Gasteiger partial charge in [0, 0.05) is 16.2 Å². The molecule has 4 heteroatoms. The van der Waals surface area contributed by atoms with E-state index in [1.807, 2.05) is 12.1 Å². The number of fused-ring (bicyclic) bond motifs is 1. The van der Waals surface area contributed by atoms with Crippen molar-refractivity contribution in [1.29, 1.82) is 0 Å². The van der Waals surface area contributed by atoms with Crippen LogP contribution in [0.15, 0.2) is 47.4 Å². The molecule has 2 unspecified atom stereocenters. The highest BCUT2D eigenvalue weighted by molar-refractivity contribution is 8.00. The van der Waals surface area contributed by atoms with Gasteiger partial charge in [-0.3, -0.25) is 0 Å². The zero-order valence-electron chi connectivity index (χ0n) is 10.9. The Labute approximate surface area is 121 Å². The fourth-order valence-corrected chi connectivity index (χ4v) is 3.82. The van der Waals surface area contributed by atoms with Crippen molar-refractivity contribution >= 4 is 11.8 Å². The minimum absolute atomic E-state index is 0.0712. The van der Waals surface area contributed by atoms with Crippen molar-refractivity contribution in [2.45, 2.75) is 29.0 Å². The molecule has 0 aromatic heterocycles. The Morgan fingerprint density at radius 3 is 2.65 bits per heavy atom. The van der Waals surface area contributed by atoms with Gasteiger partial charge in [-0.2, -0.15) is 0 Å². The van der Waals surface area contributed by atoms with E-state index < -0.39 is 11.6 Å². The highest BCUT2D eigenvalue weighted by atomic mass is 32.2. The normalized spacial score (nSPS) is 21.6. The van der Waals surface area contributed by atoms with E-state index in [2.05, 4.69) is 12.1 Å². The molecule has 1 nitrogen and oxygen atoms in total. The number of hydrogen-bond donors (Lipinski definition) is 1. The highest BCUT2D eigenvalue weighted by Crippen LogP contribution is 2.38. The van der Waals surface area contributed by atoms with Gasteiger partial charge in [0.05, 0.1) is 0 Å². The molecule has 2 N–H and O–H groups in total. The second-order valence-electron chi connectivity index (χ2n) is 5.00. The Hall–Kier alpha value is -1.39. The van der Waals surface area contributed by atoms with Gasteiger partial charge in [-0.15, -0.1) is 11.8 Å². The standard InChI is InChI=1S/C16H15F2NS/c17-13-7-6-11(9-14(13)18)20-15-8-5-10-3-1-2-4-12(10)16(15)19/h1-4,6-7,9,15-16H,5,8,19H2. The number of hydrogen-bond acceptors (Lipinski definition) is 2. The first-order valence-electron chi connectivity index (χ1n) is 6.60. The van der Waals surface area contributed by atoms with E-state index in [0.717, 1.165) is 17.7 Å². The Kier molecular flexibility index (Phi) is 3.76. The van der Waals surface area contributed by atoms with Crippen LogP contribution in [0.2, 0.25) is 0 Å². The summed E-state index contributed by atoms with van der Waals surface area (Å²) in [7, 11) is 0. The molecule has 3 rings (SSSR count). The monoisotopic (exact) mass is 291 g/mol. The summed E-state index contributed by atoms with van der Waals surface area (Å²) >= 11 is 1.53. The van der Waals surface area contributed by atoms with Crippen molar-refractivity contribution in [2.75, 3.05) is 0 Å². The number of halogens is 2. The average Bonchev–Trinajstić information content (AvgIpc) is 2.46. The lowest BCUT2D eigenvalue weighted by molar-refractivity contribution is 0.505. The van der Waals surface area contributed by atoms with Gasteiger partial charge in [-0.25, -0.2) is 8.78 Å². The van der Waals surface area contributed by atoms with Crippen molar-refractivity contribution in [1.82, 2.24) is 0 Å². The van der Waals surface area contributed by atoms with Crippen LogP contribution in [-0.2, 0) is 6.42 Å². The molecule has 0 heterocycles. The van der Waals surface area contributed by atoms with Crippen molar-refractivity contribution in [3.63, 3.8) is 0 Å². The Morgan fingerprint density at radius 1 is 1.05 bits per heavy atom. The first-order chi connectivity index (χ1) is 9.65. The van der Waals surface area contributed by atoms with Crippen molar-refractivity contribution in [2.24, 2.45) is 5.73 Å². The molecule has 0 amide bonds. The number of rotatable bonds is 2. The second-order valence-corrected chi connectivity index (χ2v) is 6.31. The molecular formula is C16H15F2NS. The summed E-state index contributed by atoms with van der Waals surface area (Å²) in [5.41, 5.74) is 8.78. The quantitative estimate of drug-likeness (QED) is 0.902. The molecule has 2 atom stereocenters. The van der Waals surface area contributed by atoms with E-state index in [0.29, 0.717) is 0 Å². The van der Waals surface area contributed by atoms with Crippen LogP contribution in [-0.4, -0.2) is 5.25 Å². The molecule has 0 bridgehead atoms. The lowest BCUT2D eigenvalue weighted by atomic mass is 9.88. The molecular weight excluding hydrogens is 276 g/mol. The zero-order chi connectivity index (χ0) is 14.1. The first kappa shape index (κ1) is 13.6. The smallest absolute Gasteiger partial charge is 0.159 e. The predicted molar refractivity (Wildman–Crippen MR) is 77.7 cm³/mol. The van der Waals surface area contributed by atoms with Crippen LogP contribution in [0.4, 0.5) is 8.78 Å².